The number of nitriles is 1. The molecule has 2 rings (SSSR count). The van der Waals surface area contributed by atoms with E-state index < -0.39 is 0 Å². The van der Waals surface area contributed by atoms with E-state index in [0.717, 1.165) is 13.1 Å². The molecule has 1 aromatic carbocycles. The Morgan fingerprint density at radius 2 is 2.11 bits per heavy atom. The molecule has 5 heteroatoms. The molecular weight excluding hydrogens is 242 g/mol. The van der Waals surface area contributed by atoms with Crippen molar-refractivity contribution in [3.05, 3.63) is 29.8 Å². The van der Waals surface area contributed by atoms with Crippen molar-refractivity contribution in [2.45, 2.75) is 13.0 Å². The Bertz CT molecular complexity index is 490. The number of carbonyl (C=O) groups excluding carboxylic acids is 1. The number of nitrogens with zero attached hydrogens (tertiary/aromatic N) is 1. The molecule has 1 atom stereocenters. The van der Waals surface area contributed by atoms with E-state index in [9.17, 15) is 4.79 Å². The van der Waals surface area contributed by atoms with Crippen molar-refractivity contribution in [3.63, 3.8) is 0 Å². The summed E-state index contributed by atoms with van der Waals surface area (Å²) in [5.41, 5.74) is 1.06. The molecule has 1 aliphatic heterocycles. The predicted octanol–water partition coefficient (Wildman–Crippen LogP) is -0.200. The van der Waals surface area contributed by atoms with Gasteiger partial charge >= 0.3 is 0 Å². The molecule has 2 N–H and O–H groups in total. The average Bonchev–Trinajstić information content (AvgIpc) is 2.48. The van der Waals surface area contributed by atoms with Crippen LogP contribution in [-0.4, -0.2) is 38.3 Å². The first kappa shape index (κ1) is 13.5. The summed E-state index contributed by atoms with van der Waals surface area (Å²) in [4.78, 5) is 13.4. The Morgan fingerprint density at radius 1 is 1.42 bits per heavy atom. The van der Waals surface area contributed by atoms with Crippen LogP contribution >= 0.6 is 0 Å². The molecule has 1 fully saturated rings. The van der Waals surface area contributed by atoms with Gasteiger partial charge in [-0.2, -0.15) is 5.26 Å². The van der Waals surface area contributed by atoms with Crippen LogP contribution in [0.4, 0.5) is 5.69 Å². The number of morpholine rings is 1. The van der Waals surface area contributed by atoms with Crippen molar-refractivity contribution in [2.24, 2.45) is 0 Å². The topological polar surface area (TPSA) is 66.6 Å². The number of amides is 1. The van der Waals surface area contributed by atoms with E-state index in [2.05, 4.69) is 11.4 Å². The van der Waals surface area contributed by atoms with Gasteiger partial charge in [0.2, 0.25) is 0 Å². The Balaban J connectivity index is 2.02. The summed E-state index contributed by atoms with van der Waals surface area (Å²) in [5.74, 6) is -0.0559. The maximum Gasteiger partial charge on any atom is 0.282 e. The molecule has 0 spiro atoms. The number of para-hydroxylation sites is 1. The van der Waals surface area contributed by atoms with E-state index in [1.54, 1.807) is 18.2 Å². The Labute approximate surface area is 112 Å². The number of ether oxygens (including phenoxy) is 1. The van der Waals surface area contributed by atoms with Crippen molar-refractivity contribution >= 4 is 11.6 Å². The minimum atomic E-state index is -0.143. The zero-order chi connectivity index (χ0) is 13.7. The van der Waals surface area contributed by atoms with E-state index in [1.807, 2.05) is 13.0 Å². The molecule has 1 aliphatic rings. The normalized spacial score (nSPS) is 17.5. The smallest absolute Gasteiger partial charge is 0.282 e. The fraction of sp³-hybridized carbons (Fsp3) is 0.429. The molecule has 0 radical (unpaired) electrons. The fourth-order valence-corrected chi connectivity index (χ4v) is 2.18. The molecular formula is C14H18N3O2+. The van der Waals surface area contributed by atoms with Crippen LogP contribution in [0.1, 0.15) is 12.5 Å². The SMILES string of the molecule is C[C@H](C(=O)Nc1ccccc1C#N)[NH+]1CCOCC1. The third kappa shape index (κ3) is 3.31. The van der Waals surface area contributed by atoms with E-state index in [1.165, 1.54) is 4.90 Å². The summed E-state index contributed by atoms with van der Waals surface area (Å²) in [6.07, 6.45) is 0. The lowest BCUT2D eigenvalue weighted by Crippen LogP contribution is -3.18. The molecule has 0 aliphatic carbocycles. The van der Waals surface area contributed by atoms with Gasteiger partial charge in [-0.1, -0.05) is 12.1 Å². The van der Waals surface area contributed by atoms with Crippen molar-refractivity contribution in [1.29, 1.82) is 5.26 Å². The average molecular weight is 260 g/mol. The highest BCUT2D eigenvalue weighted by molar-refractivity contribution is 5.94. The van der Waals surface area contributed by atoms with Crippen LogP contribution in [0.15, 0.2) is 24.3 Å². The zero-order valence-corrected chi connectivity index (χ0v) is 11.0. The van der Waals surface area contributed by atoms with Gasteiger partial charge in [-0.15, -0.1) is 0 Å². The predicted molar refractivity (Wildman–Crippen MR) is 70.8 cm³/mol. The van der Waals surface area contributed by atoms with Crippen molar-refractivity contribution in [3.8, 4) is 6.07 Å². The van der Waals surface area contributed by atoms with E-state index in [-0.39, 0.29) is 11.9 Å². The van der Waals surface area contributed by atoms with Gasteiger partial charge in [0, 0.05) is 0 Å². The summed E-state index contributed by atoms with van der Waals surface area (Å²) >= 11 is 0. The van der Waals surface area contributed by atoms with Gasteiger partial charge in [0.25, 0.3) is 5.91 Å². The number of quaternary nitrogens is 1. The van der Waals surface area contributed by atoms with Crippen LogP contribution in [-0.2, 0) is 9.53 Å². The monoisotopic (exact) mass is 260 g/mol. The van der Waals surface area contributed by atoms with Gasteiger partial charge in [0.15, 0.2) is 6.04 Å². The van der Waals surface area contributed by atoms with Crippen molar-refractivity contribution in [1.82, 2.24) is 0 Å². The lowest BCUT2D eigenvalue weighted by molar-refractivity contribution is -0.921. The second-order valence-electron chi connectivity index (χ2n) is 4.64. The van der Waals surface area contributed by atoms with Crippen LogP contribution in [0, 0.1) is 11.3 Å². The van der Waals surface area contributed by atoms with Crippen molar-refractivity contribution in [2.75, 3.05) is 31.6 Å². The molecule has 0 saturated carbocycles. The van der Waals surface area contributed by atoms with Crippen molar-refractivity contribution < 1.29 is 14.4 Å². The van der Waals surface area contributed by atoms with Gasteiger partial charge in [-0.05, 0) is 19.1 Å². The molecule has 100 valence electrons. The number of rotatable bonds is 3. The first-order valence-electron chi connectivity index (χ1n) is 6.44. The third-order valence-electron chi connectivity index (χ3n) is 3.45. The number of anilines is 1. The number of hydrogen-bond acceptors (Lipinski definition) is 3. The Hall–Kier alpha value is -1.90. The molecule has 19 heavy (non-hydrogen) atoms. The molecule has 1 heterocycles. The minimum absolute atomic E-state index is 0.0559. The highest BCUT2D eigenvalue weighted by Crippen LogP contribution is 2.13. The van der Waals surface area contributed by atoms with Gasteiger partial charge in [0.1, 0.15) is 19.2 Å². The Morgan fingerprint density at radius 3 is 2.79 bits per heavy atom. The summed E-state index contributed by atoms with van der Waals surface area (Å²) in [5, 5.41) is 11.8. The molecule has 1 aromatic rings. The zero-order valence-electron chi connectivity index (χ0n) is 11.0. The third-order valence-corrected chi connectivity index (χ3v) is 3.45. The highest BCUT2D eigenvalue weighted by Gasteiger charge is 2.27. The van der Waals surface area contributed by atoms with Crippen LogP contribution in [0.5, 0.6) is 0 Å². The highest BCUT2D eigenvalue weighted by atomic mass is 16.5. The fourth-order valence-electron chi connectivity index (χ4n) is 2.18. The summed E-state index contributed by atoms with van der Waals surface area (Å²) in [7, 11) is 0. The largest absolute Gasteiger partial charge is 0.370 e. The Kier molecular flexibility index (Phi) is 4.50. The van der Waals surface area contributed by atoms with Gasteiger partial charge in [-0.3, -0.25) is 4.79 Å². The summed E-state index contributed by atoms with van der Waals surface area (Å²) < 4.78 is 5.29. The lowest BCUT2D eigenvalue weighted by Gasteiger charge is -2.28. The molecule has 0 aromatic heterocycles. The van der Waals surface area contributed by atoms with E-state index in [4.69, 9.17) is 10.00 Å². The van der Waals surface area contributed by atoms with Crippen LogP contribution < -0.4 is 10.2 Å². The molecule has 0 unspecified atom stereocenters. The van der Waals surface area contributed by atoms with Gasteiger partial charge < -0.3 is 15.0 Å². The molecule has 1 saturated heterocycles. The summed E-state index contributed by atoms with van der Waals surface area (Å²) in [6.45, 7) is 4.98. The molecule has 5 nitrogen and oxygen atoms in total. The van der Waals surface area contributed by atoms with Crippen LogP contribution in [0.2, 0.25) is 0 Å². The first-order chi connectivity index (χ1) is 9.22. The number of hydrogen-bond donors (Lipinski definition) is 2. The van der Waals surface area contributed by atoms with Gasteiger partial charge in [0.05, 0.1) is 24.5 Å². The number of benzene rings is 1. The second-order valence-corrected chi connectivity index (χ2v) is 4.64. The molecule has 0 bridgehead atoms. The molecule has 1 amide bonds. The number of nitrogens with one attached hydrogen (secondary N) is 2. The van der Waals surface area contributed by atoms with Gasteiger partial charge in [-0.25, -0.2) is 0 Å². The maximum atomic E-state index is 12.2. The summed E-state index contributed by atoms with van der Waals surface area (Å²) in [6, 6.07) is 8.97. The first-order valence-corrected chi connectivity index (χ1v) is 6.44. The maximum absolute atomic E-state index is 12.2. The van der Waals surface area contributed by atoms with Crippen LogP contribution in [0.3, 0.4) is 0 Å². The quantitative estimate of drug-likeness (QED) is 0.791. The minimum Gasteiger partial charge on any atom is -0.370 e. The van der Waals surface area contributed by atoms with E-state index >= 15 is 0 Å². The number of carbonyl (C=O) groups is 1. The second kappa shape index (κ2) is 6.32. The standard InChI is InChI=1S/C14H17N3O2/c1-11(17-6-8-19-9-7-17)14(18)16-13-5-3-2-4-12(13)10-15/h2-5,11H,6-9H2,1H3,(H,16,18)/p+1/t11-/m1/s1. The lowest BCUT2D eigenvalue weighted by atomic mass is 10.1. The van der Waals surface area contributed by atoms with Crippen LogP contribution in [0.25, 0.3) is 0 Å². The van der Waals surface area contributed by atoms with E-state index in [0.29, 0.717) is 24.5 Å².